The van der Waals surface area contributed by atoms with Crippen molar-refractivity contribution in [2.75, 3.05) is 50.4 Å². The van der Waals surface area contributed by atoms with E-state index in [9.17, 15) is 21.6 Å². The predicted octanol–water partition coefficient (Wildman–Crippen LogP) is 4.50. The van der Waals surface area contributed by atoms with Crippen LogP contribution in [-0.2, 0) is 19.9 Å². The van der Waals surface area contributed by atoms with Gasteiger partial charge in [0, 0.05) is 38.0 Å². The van der Waals surface area contributed by atoms with E-state index >= 15 is 0 Å². The molecule has 39 heavy (non-hydrogen) atoms. The molecule has 0 aliphatic heterocycles. The molecule has 0 aliphatic rings. The van der Waals surface area contributed by atoms with E-state index in [0.717, 1.165) is 32.2 Å². The molecular weight excluding hydrogens is 557 g/mol. The lowest BCUT2D eigenvalue weighted by Crippen LogP contribution is -2.39. The summed E-state index contributed by atoms with van der Waals surface area (Å²) < 4.78 is 52.4. The third kappa shape index (κ3) is 7.43. The van der Waals surface area contributed by atoms with Crippen molar-refractivity contribution in [3.05, 3.63) is 48.0 Å². The van der Waals surface area contributed by atoms with Crippen LogP contribution in [0.1, 0.15) is 50.9 Å². The summed E-state index contributed by atoms with van der Waals surface area (Å²) in [7, 11) is -7.04. The Hall–Kier alpha value is -2.38. The van der Waals surface area contributed by atoms with Crippen LogP contribution in [-0.4, -0.2) is 82.5 Å². The van der Waals surface area contributed by atoms with Crippen molar-refractivity contribution in [3.63, 3.8) is 0 Å². The highest BCUT2D eigenvalue weighted by molar-refractivity contribution is 7.90. The molecule has 0 unspecified atom stereocenters. The summed E-state index contributed by atoms with van der Waals surface area (Å²) in [6.07, 6.45) is 2.83. The van der Waals surface area contributed by atoms with Gasteiger partial charge in [0.05, 0.1) is 20.0 Å². The van der Waals surface area contributed by atoms with Gasteiger partial charge in [0.25, 0.3) is 5.91 Å². The maximum absolute atomic E-state index is 13.7. The molecule has 0 bridgehead atoms. The second kappa shape index (κ2) is 13.3. The Balaban J connectivity index is 1.96. The number of benzene rings is 2. The van der Waals surface area contributed by atoms with Gasteiger partial charge in [0.1, 0.15) is 0 Å². The number of nitrogens with zero attached hydrogens (tertiary/aromatic N) is 4. The van der Waals surface area contributed by atoms with Crippen molar-refractivity contribution in [2.45, 2.75) is 50.3 Å². The monoisotopic (exact) mass is 594 g/mol. The number of sulfonamides is 1. The van der Waals surface area contributed by atoms with Crippen molar-refractivity contribution in [1.82, 2.24) is 14.2 Å². The molecule has 0 spiro atoms. The molecule has 0 fully saturated rings. The van der Waals surface area contributed by atoms with Gasteiger partial charge in [-0.3, -0.25) is 9.69 Å². The molecule has 214 valence electrons. The van der Waals surface area contributed by atoms with Crippen molar-refractivity contribution >= 4 is 52.5 Å². The second-order valence-electron chi connectivity index (χ2n) is 9.26. The van der Waals surface area contributed by atoms with Crippen LogP contribution in [0.3, 0.4) is 0 Å². The van der Waals surface area contributed by atoms with Gasteiger partial charge in [-0.05, 0) is 62.0 Å². The Morgan fingerprint density at radius 2 is 1.49 bits per heavy atom. The van der Waals surface area contributed by atoms with E-state index in [1.54, 1.807) is 29.2 Å². The lowest BCUT2D eigenvalue weighted by Gasteiger charge is -2.25. The summed E-state index contributed by atoms with van der Waals surface area (Å²) >= 11 is 1.26. The fourth-order valence-electron chi connectivity index (χ4n) is 4.16. The zero-order valence-electron chi connectivity index (χ0n) is 23.3. The molecule has 9 nitrogen and oxygen atoms in total. The number of hydrogen-bond donors (Lipinski definition) is 0. The van der Waals surface area contributed by atoms with Crippen LogP contribution in [0, 0.1) is 0 Å². The molecule has 1 amide bonds. The number of anilines is 1. The van der Waals surface area contributed by atoms with Crippen LogP contribution in [0.4, 0.5) is 5.13 Å². The highest BCUT2D eigenvalue weighted by Gasteiger charge is 2.25. The number of thiazole rings is 1. The summed E-state index contributed by atoms with van der Waals surface area (Å²) in [4.78, 5) is 22.5. The molecule has 0 radical (unpaired) electrons. The first-order chi connectivity index (χ1) is 18.5. The highest BCUT2D eigenvalue weighted by atomic mass is 32.2. The number of unbranched alkanes of at least 4 members (excludes halogenated alkanes) is 1. The van der Waals surface area contributed by atoms with Gasteiger partial charge in [-0.15, -0.1) is 0 Å². The largest absolute Gasteiger partial charge is 0.302 e. The maximum atomic E-state index is 13.7. The van der Waals surface area contributed by atoms with Gasteiger partial charge in [-0.2, -0.15) is 4.31 Å². The molecule has 3 aromatic rings. The maximum Gasteiger partial charge on any atom is 0.260 e. The molecule has 1 aromatic heterocycles. The summed E-state index contributed by atoms with van der Waals surface area (Å²) in [6, 6.07) is 10.8. The first kappa shape index (κ1) is 31.2. The summed E-state index contributed by atoms with van der Waals surface area (Å²) in [5.74, 6) is -0.299. The van der Waals surface area contributed by atoms with Gasteiger partial charge < -0.3 is 4.90 Å². The van der Waals surface area contributed by atoms with Gasteiger partial charge in [-0.25, -0.2) is 21.8 Å². The molecule has 0 N–H and O–H groups in total. The minimum Gasteiger partial charge on any atom is -0.302 e. The Morgan fingerprint density at radius 1 is 0.846 bits per heavy atom. The molecule has 3 rings (SSSR count). The predicted molar refractivity (Wildman–Crippen MR) is 158 cm³/mol. The lowest BCUT2D eigenvalue weighted by molar-refractivity contribution is 0.0983. The third-order valence-electron chi connectivity index (χ3n) is 6.64. The van der Waals surface area contributed by atoms with Crippen LogP contribution in [0.25, 0.3) is 10.2 Å². The molecule has 2 aromatic carbocycles. The average molecular weight is 595 g/mol. The standard InChI is InChI=1S/C27H38N4O5S3/c1-6-10-17-30(9-4)39(35,36)22-13-11-21(12-14-22)26(32)31(19-18-29(7-2)8-3)27-28-24-16-15-23(38(5,33)34)20-25(24)37-27/h11-16,20H,6-10,17-19H2,1-5H3. The number of amides is 1. The SMILES string of the molecule is CCCCN(CC)S(=O)(=O)c1ccc(C(=O)N(CCN(CC)CC)c2nc3ccc(S(C)(=O)=O)cc3s2)cc1. The van der Waals surface area contributed by atoms with Crippen molar-refractivity contribution in [3.8, 4) is 0 Å². The smallest absolute Gasteiger partial charge is 0.260 e. The minimum atomic E-state index is -3.66. The number of carbonyl (C=O) groups is 1. The van der Waals surface area contributed by atoms with Crippen LogP contribution in [0.5, 0.6) is 0 Å². The molecular formula is C27H38N4O5S3. The average Bonchev–Trinajstić information content (AvgIpc) is 3.34. The van der Waals surface area contributed by atoms with Gasteiger partial charge in [0.15, 0.2) is 15.0 Å². The van der Waals surface area contributed by atoms with Crippen LogP contribution < -0.4 is 4.90 Å². The lowest BCUT2D eigenvalue weighted by atomic mass is 10.2. The van der Waals surface area contributed by atoms with E-state index in [4.69, 9.17) is 0 Å². The van der Waals surface area contributed by atoms with E-state index in [1.165, 1.54) is 33.8 Å². The van der Waals surface area contributed by atoms with E-state index in [1.807, 2.05) is 13.8 Å². The van der Waals surface area contributed by atoms with Crippen LogP contribution in [0.2, 0.25) is 0 Å². The molecule has 12 heteroatoms. The molecule has 0 aliphatic carbocycles. The first-order valence-electron chi connectivity index (χ1n) is 13.2. The zero-order valence-corrected chi connectivity index (χ0v) is 25.7. The minimum absolute atomic E-state index is 0.153. The van der Waals surface area contributed by atoms with Crippen molar-refractivity contribution < 1.29 is 21.6 Å². The highest BCUT2D eigenvalue weighted by Crippen LogP contribution is 2.31. The number of carbonyl (C=O) groups excluding carboxylic acids is 1. The molecule has 1 heterocycles. The molecule has 0 saturated carbocycles. The third-order valence-corrected chi connectivity index (χ3v) is 10.8. The normalized spacial score (nSPS) is 12.5. The van der Waals surface area contributed by atoms with Gasteiger partial charge in [-0.1, -0.05) is 45.5 Å². The van der Waals surface area contributed by atoms with Crippen molar-refractivity contribution in [2.24, 2.45) is 0 Å². The van der Waals surface area contributed by atoms with E-state index < -0.39 is 19.9 Å². The number of rotatable bonds is 14. The Labute approximate surface area is 236 Å². The van der Waals surface area contributed by atoms with E-state index in [-0.39, 0.29) is 15.7 Å². The summed E-state index contributed by atoms with van der Waals surface area (Å²) in [6.45, 7) is 11.4. The molecule has 0 saturated heterocycles. The quantitative estimate of drug-likeness (QED) is 0.270. The second-order valence-corrected chi connectivity index (χ2v) is 14.2. The number of aromatic nitrogens is 1. The number of hydrogen-bond acceptors (Lipinski definition) is 8. The van der Waals surface area contributed by atoms with E-state index in [2.05, 4.69) is 23.7 Å². The number of sulfone groups is 1. The van der Waals surface area contributed by atoms with Gasteiger partial charge in [0.2, 0.25) is 10.0 Å². The Morgan fingerprint density at radius 3 is 2.05 bits per heavy atom. The number of fused-ring (bicyclic) bond motifs is 1. The topological polar surface area (TPSA) is 108 Å². The first-order valence-corrected chi connectivity index (χ1v) is 17.4. The van der Waals surface area contributed by atoms with Crippen LogP contribution in [0.15, 0.2) is 52.3 Å². The zero-order chi connectivity index (χ0) is 28.8. The van der Waals surface area contributed by atoms with Crippen LogP contribution >= 0.6 is 11.3 Å². The van der Waals surface area contributed by atoms with Crippen molar-refractivity contribution in [1.29, 1.82) is 0 Å². The summed E-state index contributed by atoms with van der Waals surface area (Å²) in [5, 5.41) is 0.459. The fourth-order valence-corrected chi connectivity index (χ4v) is 7.40. The Bertz CT molecular complexity index is 1480. The number of likely N-dealkylation sites (N-methyl/N-ethyl adjacent to an activating group) is 1. The fraction of sp³-hybridized carbons (Fsp3) is 0.481. The Kier molecular flexibility index (Phi) is 10.6. The summed E-state index contributed by atoms with van der Waals surface area (Å²) in [5.41, 5.74) is 0.956. The molecule has 0 atom stereocenters. The van der Waals surface area contributed by atoms with Gasteiger partial charge >= 0.3 is 0 Å². The van der Waals surface area contributed by atoms with E-state index in [0.29, 0.717) is 47.1 Å².